The van der Waals surface area contributed by atoms with Crippen LogP contribution in [0.15, 0.2) is 29.2 Å². The number of nitrogens with one attached hydrogen (secondary N) is 1. The Morgan fingerprint density at radius 3 is 2.75 bits per heavy atom. The van der Waals surface area contributed by atoms with Gasteiger partial charge in [0.25, 0.3) is 0 Å². The first-order chi connectivity index (χ1) is 9.55. The summed E-state index contributed by atoms with van der Waals surface area (Å²) in [4.78, 5) is 1.50. The Morgan fingerprint density at radius 1 is 1.35 bits per heavy atom. The van der Waals surface area contributed by atoms with Gasteiger partial charge in [0.15, 0.2) is 0 Å². The second-order valence-electron chi connectivity index (χ2n) is 6.74. The third-order valence-corrected chi connectivity index (χ3v) is 6.08. The predicted molar refractivity (Wildman–Crippen MR) is 90.5 cm³/mol. The molecule has 1 heterocycles. The lowest BCUT2D eigenvalue weighted by atomic mass is 9.74. The smallest absolute Gasteiger partial charge is 0.0141 e. The van der Waals surface area contributed by atoms with Crippen molar-refractivity contribution in [1.29, 1.82) is 0 Å². The molecule has 2 heteroatoms. The summed E-state index contributed by atoms with van der Waals surface area (Å²) < 4.78 is 0. The molecular formula is C18H29NS. The molecule has 1 aliphatic rings. The Hall–Kier alpha value is -0.470. The van der Waals surface area contributed by atoms with E-state index in [4.69, 9.17) is 0 Å². The minimum Gasteiger partial charge on any atom is -0.316 e. The van der Waals surface area contributed by atoms with Gasteiger partial charge in [-0.1, -0.05) is 45.9 Å². The van der Waals surface area contributed by atoms with Gasteiger partial charge in [0.2, 0.25) is 0 Å². The highest BCUT2D eigenvalue weighted by Gasteiger charge is 2.34. The van der Waals surface area contributed by atoms with Crippen molar-refractivity contribution in [1.82, 2.24) is 5.32 Å². The molecule has 0 spiro atoms. The summed E-state index contributed by atoms with van der Waals surface area (Å²) in [5.41, 5.74) is 1.95. The van der Waals surface area contributed by atoms with Gasteiger partial charge in [-0.15, -0.1) is 11.8 Å². The van der Waals surface area contributed by atoms with Gasteiger partial charge in [-0.2, -0.15) is 0 Å². The van der Waals surface area contributed by atoms with Crippen LogP contribution in [0.25, 0.3) is 0 Å². The van der Waals surface area contributed by atoms with Crippen LogP contribution in [-0.2, 0) is 6.42 Å². The van der Waals surface area contributed by atoms with Crippen molar-refractivity contribution in [2.75, 3.05) is 13.1 Å². The fourth-order valence-electron chi connectivity index (χ4n) is 2.95. The lowest BCUT2D eigenvalue weighted by Crippen LogP contribution is -2.38. The number of rotatable bonds is 7. The first-order valence-electron chi connectivity index (χ1n) is 8.00. The average Bonchev–Trinajstić information content (AvgIpc) is 2.80. The topological polar surface area (TPSA) is 12.0 Å². The first-order valence-corrected chi connectivity index (χ1v) is 8.88. The van der Waals surface area contributed by atoms with E-state index in [0.29, 0.717) is 5.41 Å². The highest BCUT2D eigenvalue weighted by Crippen LogP contribution is 2.44. The average molecular weight is 292 g/mol. The molecule has 0 aromatic heterocycles. The molecule has 1 N–H and O–H groups in total. The molecule has 0 radical (unpaired) electrons. The van der Waals surface area contributed by atoms with Crippen molar-refractivity contribution >= 4 is 11.8 Å². The number of thioether (sulfide) groups is 1. The maximum Gasteiger partial charge on any atom is 0.0141 e. The Bertz CT molecular complexity index is 404. The SMILES string of the molecule is CCCNCC(C)(CC1Cc2ccccc2S1)C(C)C. The highest BCUT2D eigenvalue weighted by molar-refractivity contribution is 8.00. The molecule has 20 heavy (non-hydrogen) atoms. The molecule has 1 aromatic carbocycles. The molecule has 0 saturated heterocycles. The van der Waals surface area contributed by atoms with Crippen LogP contribution in [0.4, 0.5) is 0 Å². The van der Waals surface area contributed by atoms with Crippen molar-refractivity contribution in [2.24, 2.45) is 11.3 Å². The molecule has 0 bridgehead atoms. The second-order valence-corrected chi connectivity index (χ2v) is 8.08. The third kappa shape index (κ3) is 3.79. The van der Waals surface area contributed by atoms with Crippen molar-refractivity contribution in [3.8, 4) is 0 Å². The lowest BCUT2D eigenvalue weighted by molar-refractivity contribution is 0.190. The van der Waals surface area contributed by atoms with Crippen LogP contribution < -0.4 is 5.32 Å². The monoisotopic (exact) mass is 291 g/mol. The fraction of sp³-hybridized carbons (Fsp3) is 0.667. The summed E-state index contributed by atoms with van der Waals surface area (Å²) in [6.45, 7) is 11.7. The standard InChI is InChI=1S/C18H29NS/c1-5-10-19-13-18(4,14(2)3)12-16-11-15-8-6-7-9-17(15)20-16/h6-9,14,16,19H,5,10-13H2,1-4H3. The Kier molecular flexibility index (Phi) is 5.57. The van der Waals surface area contributed by atoms with Crippen molar-refractivity contribution < 1.29 is 0 Å². The zero-order valence-electron chi connectivity index (χ0n) is 13.4. The second kappa shape index (κ2) is 7.00. The van der Waals surface area contributed by atoms with Gasteiger partial charge < -0.3 is 5.32 Å². The van der Waals surface area contributed by atoms with Gasteiger partial charge in [0, 0.05) is 16.7 Å². The van der Waals surface area contributed by atoms with Crippen LogP contribution in [0.1, 0.15) is 46.1 Å². The molecule has 0 aliphatic carbocycles. The lowest BCUT2D eigenvalue weighted by Gasteiger charge is -2.36. The molecule has 0 saturated carbocycles. The number of benzene rings is 1. The minimum absolute atomic E-state index is 0.398. The van der Waals surface area contributed by atoms with Crippen molar-refractivity contribution in [2.45, 2.75) is 57.1 Å². The maximum absolute atomic E-state index is 3.64. The molecule has 2 rings (SSSR count). The van der Waals surface area contributed by atoms with Crippen LogP contribution in [-0.4, -0.2) is 18.3 Å². The molecule has 112 valence electrons. The van der Waals surface area contributed by atoms with Gasteiger partial charge >= 0.3 is 0 Å². The quantitative estimate of drug-likeness (QED) is 0.727. The van der Waals surface area contributed by atoms with Crippen LogP contribution in [0.3, 0.4) is 0 Å². The molecule has 2 atom stereocenters. The molecule has 1 aromatic rings. The van der Waals surface area contributed by atoms with Crippen molar-refractivity contribution in [3.05, 3.63) is 29.8 Å². The molecule has 0 amide bonds. The fourth-order valence-corrected chi connectivity index (χ4v) is 4.50. The summed E-state index contributed by atoms with van der Waals surface area (Å²) in [7, 11) is 0. The maximum atomic E-state index is 3.64. The van der Waals surface area contributed by atoms with Gasteiger partial charge in [-0.3, -0.25) is 0 Å². The van der Waals surface area contributed by atoms with E-state index < -0.39 is 0 Å². The zero-order valence-corrected chi connectivity index (χ0v) is 14.2. The van der Waals surface area contributed by atoms with E-state index in [1.165, 1.54) is 24.2 Å². The summed E-state index contributed by atoms with van der Waals surface area (Å²) in [5, 5.41) is 4.40. The number of hydrogen-bond donors (Lipinski definition) is 1. The van der Waals surface area contributed by atoms with Crippen molar-refractivity contribution in [3.63, 3.8) is 0 Å². The van der Waals surface area contributed by atoms with Crippen LogP contribution >= 0.6 is 11.8 Å². The van der Waals surface area contributed by atoms with Gasteiger partial charge in [0.1, 0.15) is 0 Å². The van der Waals surface area contributed by atoms with E-state index in [-0.39, 0.29) is 0 Å². The zero-order chi connectivity index (χ0) is 14.6. The molecule has 1 nitrogen and oxygen atoms in total. The van der Waals surface area contributed by atoms with Gasteiger partial charge in [0.05, 0.1) is 0 Å². The number of fused-ring (bicyclic) bond motifs is 1. The van der Waals surface area contributed by atoms with Crippen LogP contribution in [0.2, 0.25) is 0 Å². The van der Waals surface area contributed by atoms with Crippen LogP contribution in [0, 0.1) is 11.3 Å². The largest absolute Gasteiger partial charge is 0.316 e. The first kappa shape index (κ1) is 15.9. The molecule has 1 aliphatic heterocycles. The van der Waals surface area contributed by atoms with Crippen LogP contribution in [0.5, 0.6) is 0 Å². The molecule has 2 unspecified atom stereocenters. The van der Waals surface area contributed by atoms with E-state index in [1.807, 2.05) is 0 Å². The summed E-state index contributed by atoms with van der Waals surface area (Å²) in [6.07, 6.45) is 3.77. The Labute approximate surface area is 128 Å². The normalized spacial score (nSPS) is 20.9. The highest BCUT2D eigenvalue weighted by atomic mass is 32.2. The summed E-state index contributed by atoms with van der Waals surface area (Å²) >= 11 is 2.09. The van der Waals surface area contributed by atoms with Gasteiger partial charge in [-0.05, 0) is 48.8 Å². The Balaban J connectivity index is 1.96. The minimum atomic E-state index is 0.398. The van der Waals surface area contributed by atoms with E-state index in [2.05, 4.69) is 69.0 Å². The van der Waals surface area contributed by atoms with E-state index in [9.17, 15) is 0 Å². The molecular weight excluding hydrogens is 262 g/mol. The summed E-state index contributed by atoms with van der Waals surface area (Å²) in [6, 6.07) is 8.91. The number of hydrogen-bond acceptors (Lipinski definition) is 2. The van der Waals surface area contributed by atoms with Gasteiger partial charge in [-0.25, -0.2) is 0 Å². The third-order valence-electron chi connectivity index (χ3n) is 4.76. The van der Waals surface area contributed by atoms with E-state index in [0.717, 1.165) is 24.3 Å². The molecule has 0 fully saturated rings. The Morgan fingerprint density at radius 2 is 2.10 bits per heavy atom. The summed E-state index contributed by atoms with van der Waals surface area (Å²) in [5.74, 6) is 0.719. The van der Waals surface area contributed by atoms with E-state index >= 15 is 0 Å². The van der Waals surface area contributed by atoms with E-state index in [1.54, 1.807) is 5.56 Å². The predicted octanol–water partition coefficient (Wildman–Crippen LogP) is 4.76.